The Labute approximate surface area is 120 Å². The quantitative estimate of drug-likeness (QED) is 0.793. The third-order valence-corrected chi connectivity index (χ3v) is 6.75. The standard InChI is InChI=1S/C13H23NO5S/c1-2-14(9-10-5-4-8-19-10)20(17,18)12-7-3-6-11(12)13(15)16/h10-12H,2-9H2,1H3,(H,15,16). The highest BCUT2D eigenvalue weighted by Crippen LogP contribution is 2.33. The monoisotopic (exact) mass is 305 g/mol. The van der Waals surface area contributed by atoms with Gasteiger partial charge in [0.15, 0.2) is 0 Å². The molecule has 0 aromatic rings. The molecular formula is C13H23NO5S. The minimum atomic E-state index is -3.56. The minimum Gasteiger partial charge on any atom is -0.481 e. The second-order valence-electron chi connectivity index (χ2n) is 5.54. The van der Waals surface area contributed by atoms with E-state index < -0.39 is 27.2 Å². The van der Waals surface area contributed by atoms with Crippen molar-refractivity contribution in [1.82, 2.24) is 4.31 Å². The number of ether oxygens (including phenoxy) is 1. The zero-order valence-corrected chi connectivity index (χ0v) is 12.6. The van der Waals surface area contributed by atoms with Gasteiger partial charge in [0.1, 0.15) is 0 Å². The van der Waals surface area contributed by atoms with Gasteiger partial charge in [-0.25, -0.2) is 8.42 Å². The number of hydrogen-bond donors (Lipinski definition) is 1. The zero-order valence-electron chi connectivity index (χ0n) is 11.8. The molecule has 1 aliphatic heterocycles. The molecule has 1 aliphatic carbocycles. The molecule has 116 valence electrons. The van der Waals surface area contributed by atoms with Crippen LogP contribution < -0.4 is 0 Å². The average molecular weight is 305 g/mol. The van der Waals surface area contributed by atoms with E-state index in [0.29, 0.717) is 39.0 Å². The lowest BCUT2D eigenvalue weighted by Crippen LogP contribution is -2.45. The summed E-state index contributed by atoms with van der Waals surface area (Å²) in [5.74, 6) is -1.76. The van der Waals surface area contributed by atoms with E-state index in [1.54, 1.807) is 6.92 Å². The van der Waals surface area contributed by atoms with Crippen LogP contribution >= 0.6 is 0 Å². The van der Waals surface area contributed by atoms with E-state index >= 15 is 0 Å². The molecule has 1 saturated heterocycles. The molecule has 0 spiro atoms. The molecule has 0 aromatic heterocycles. The fraction of sp³-hybridized carbons (Fsp3) is 0.923. The zero-order chi connectivity index (χ0) is 14.8. The lowest BCUT2D eigenvalue weighted by atomic mass is 10.1. The fourth-order valence-electron chi connectivity index (χ4n) is 3.18. The number of rotatable bonds is 6. The van der Waals surface area contributed by atoms with Gasteiger partial charge in [0.25, 0.3) is 0 Å². The van der Waals surface area contributed by atoms with Gasteiger partial charge in [-0.1, -0.05) is 13.3 Å². The Morgan fingerprint density at radius 1 is 1.30 bits per heavy atom. The first kappa shape index (κ1) is 15.7. The lowest BCUT2D eigenvalue weighted by molar-refractivity contribution is -0.141. The molecule has 20 heavy (non-hydrogen) atoms. The second-order valence-corrected chi connectivity index (χ2v) is 7.70. The summed E-state index contributed by atoms with van der Waals surface area (Å²) in [6, 6.07) is 0. The smallest absolute Gasteiger partial charge is 0.307 e. The summed E-state index contributed by atoms with van der Waals surface area (Å²) in [5.41, 5.74) is 0. The number of carbonyl (C=O) groups is 1. The van der Waals surface area contributed by atoms with E-state index in [0.717, 1.165) is 12.8 Å². The summed E-state index contributed by atoms with van der Waals surface area (Å²) in [4.78, 5) is 11.2. The summed E-state index contributed by atoms with van der Waals surface area (Å²) >= 11 is 0. The highest BCUT2D eigenvalue weighted by Gasteiger charge is 2.44. The van der Waals surface area contributed by atoms with Crippen molar-refractivity contribution in [3.05, 3.63) is 0 Å². The molecule has 0 aromatic carbocycles. The van der Waals surface area contributed by atoms with Gasteiger partial charge >= 0.3 is 5.97 Å². The molecule has 3 unspecified atom stereocenters. The van der Waals surface area contributed by atoms with E-state index in [9.17, 15) is 18.3 Å². The first-order valence-corrected chi connectivity index (χ1v) is 8.80. The van der Waals surface area contributed by atoms with Crippen LogP contribution in [0.1, 0.15) is 39.0 Å². The third kappa shape index (κ3) is 3.15. The lowest BCUT2D eigenvalue weighted by Gasteiger charge is -2.28. The number of aliphatic carboxylic acids is 1. The summed E-state index contributed by atoms with van der Waals surface area (Å²) < 4.78 is 32.3. The first-order valence-electron chi connectivity index (χ1n) is 7.30. The van der Waals surface area contributed by atoms with Crippen LogP contribution in [-0.4, -0.2) is 54.8 Å². The maximum Gasteiger partial charge on any atom is 0.307 e. The number of nitrogens with zero attached hydrogens (tertiary/aromatic N) is 1. The van der Waals surface area contributed by atoms with Crippen LogP contribution in [-0.2, 0) is 19.6 Å². The predicted octanol–water partition coefficient (Wildman–Crippen LogP) is 1.07. The molecule has 2 rings (SSSR count). The predicted molar refractivity (Wildman–Crippen MR) is 73.9 cm³/mol. The Balaban J connectivity index is 2.11. The first-order chi connectivity index (χ1) is 9.46. The highest BCUT2D eigenvalue weighted by molar-refractivity contribution is 7.89. The van der Waals surface area contributed by atoms with Crippen molar-refractivity contribution >= 4 is 16.0 Å². The van der Waals surface area contributed by atoms with Gasteiger partial charge in [-0.3, -0.25) is 4.79 Å². The van der Waals surface area contributed by atoms with Crippen molar-refractivity contribution in [2.75, 3.05) is 19.7 Å². The van der Waals surface area contributed by atoms with Crippen LogP contribution in [0.15, 0.2) is 0 Å². The Morgan fingerprint density at radius 2 is 2.05 bits per heavy atom. The number of sulfonamides is 1. The van der Waals surface area contributed by atoms with E-state index in [-0.39, 0.29) is 6.10 Å². The maximum atomic E-state index is 12.7. The Bertz CT molecular complexity index is 444. The molecule has 1 N–H and O–H groups in total. The van der Waals surface area contributed by atoms with Gasteiger partial charge in [0.05, 0.1) is 17.3 Å². The SMILES string of the molecule is CCN(CC1CCCO1)S(=O)(=O)C1CCCC1C(=O)O. The molecule has 3 atom stereocenters. The van der Waals surface area contributed by atoms with Crippen LogP contribution in [0.25, 0.3) is 0 Å². The van der Waals surface area contributed by atoms with Crippen LogP contribution in [0.4, 0.5) is 0 Å². The van der Waals surface area contributed by atoms with E-state index in [1.807, 2.05) is 0 Å². The molecule has 6 nitrogen and oxygen atoms in total. The second kappa shape index (κ2) is 6.41. The van der Waals surface area contributed by atoms with E-state index in [1.165, 1.54) is 4.31 Å². The molecule has 1 saturated carbocycles. The van der Waals surface area contributed by atoms with Gasteiger partial charge in [0.2, 0.25) is 10.0 Å². The van der Waals surface area contributed by atoms with Crippen molar-refractivity contribution in [2.45, 2.75) is 50.4 Å². The molecular weight excluding hydrogens is 282 g/mol. The van der Waals surface area contributed by atoms with Crippen molar-refractivity contribution in [1.29, 1.82) is 0 Å². The van der Waals surface area contributed by atoms with Crippen LogP contribution in [0, 0.1) is 5.92 Å². The minimum absolute atomic E-state index is 0.0468. The summed E-state index contributed by atoms with van der Waals surface area (Å²) in [5, 5.41) is 8.40. The average Bonchev–Trinajstić information content (AvgIpc) is 3.06. The van der Waals surface area contributed by atoms with Crippen molar-refractivity contribution < 1.29 is 23.1 Å². The normalized spacial score (nSPS) is 31.0. The molecule has 0 radical (unpaired) electrons. The summed E-state index contributed by atoms with van der Waals surface area (Å²) in [6.45, 7) is 3.19. The summed E-state index contributed by atoms with van der Waals surface area (Å²) in [7, 11) is -3.56. The van der Waals surface area contributed by atoms with Gasteiger partial charge < -0.3 is 9.84 Å². The fourth-order valence-corrected chi connectivity index (χ4v) is 5.43. The highest BCUT2D eigenvalue weighted by atomic mass is 32.2. The summed E-state index contributed by atoms with van der Waals surface area (Å²) in [6.07, 6.45) is 3.35. The van der Waals surface area contributed by atoms with Crippen molar-refractivity contribution in [2.24, 2.45) is 5.92 Å². The molecule has 0 amide bonds. The number of carboxylic acids is 1. The third-order valence-electron chi connectivity index (χ3n) is 4.30. The Kier molecular flexibility index (Phi) is 5.04. The van der Waals surface area contributed by atoms with Crippen LogP contribution in [0.5, 0.6) is 0 Å². The van der Waals surface area contributed by atoms with Gasteiger partial charge in [-0.2, -0.15) is 4.31 Å². The Morgan fingerprint density at radius 3 is 2.60 bits per heavy atom. The van der Waals surface area contributed by atoms with Gasteiger partial charge in [-0.05, 0) is 25.7 Å². The number of carboxylic acid groups (broad SMARTS) is 1. The molecule has 0 bridgehead atoms. The van der Waals surface area contributed by atoms with Crippen molar-refractivity contribution in [3.8, 4) is 0 Å². The number of likely N-dealkylation sites (N-methyl/N-ethyl adjacent to an activating group) is 1. The van der Waals surface area contributed by atoms with E-state index in [4.69, 9.17) is 4.74 Å². The van der Waals surface area contributed by atoms with Gasteiger partial charge in [-0.15, -0.1) is 0 Å². The molecule has 1 heterocycles. The van der Waals surface area contributed by atoms with Crippen LogP contribution in [0.3, 0.4) is 0 Å². The van der Waals surface area contributed by atoms with Crippen LogP contribution in [0.2, 0.25) is 0 Å². The topological polar surface area (TPSA) is 83.9 Å². The number of hydrogen-bond acceptors (Lipinski definition) is 4. The van der Waals surface area contributed by atoms with E-state index in [2.05, 4.69) is 0 Å². The van der Waals surface area contributed by atoms with Gasteiger partial charge in [0, 0.05) is 19.7 Å². The largest absolute Gasteiger partial charge is 0.481 e. The maximum absolute atomic E-state index is 12.7. The molecule has 7 heteroatoms. The Hall–Kier alpha value is -0.660. The molecule has 2 fully saturated rings. The van der Waals surface area contributed by atoms with Crippen molar-refractivity contribution in [3.63, 3.8) is 0 Å². The molecule has 2 aliphatic rings.